The van der Waals surface area contributed by atoms with Crippen LogP contribution < -0.4 is 0 Å². The van der Waals surface area contributed by atoms with E-state index in [4.69, 9.17) is 39.9 Å². The first-order valence-electron chi connectivity index (χ1n) is 10.6. The lowest BCUT2D eigenvalue weighted by Crippen LogP contribution is -2.06. The lowest BCUT2D eigenvalue weighted by molar-refractivity contribution is 0.592. The van der Waals surface area contributed by atoms with Crippen LogP contribution in [0.3, 0.4) is 0 Å². The third-order valence-electron chi connectivity index (χ3n) is 5.58. The summed E-state index contributed by atoms with van der Waals surface area (Å²) in [6.45, 7) is 2.62. The minimum absolute atomic E-state index is 0.487. The molecule has 0 unspecified atom stereocenters. The Labute approximate surface area is 211 Å². The molecule has 0 aliphatic heterocycles. The minimum atomic E-state index is 0.487. The van der Waals surface area contributed by atoms with Crippen molar-refractivity contribution < 1.29 is 0 Å². The van der Waals surface area contributed by atoms with Gasteiger partial charge < -0.3 is 0 Å². The summed E-state index contributed by atoms with van der Waals surface area (Å²) in [6.07, 6.45) is 0.797. The van der Waals surface area contributed by atoms with E-state index in [1.165, 1.54) is 5.56 Å². The summed E-state index contributed by atoms with van der Waals surface area (Å²) in [6, 6.07) is 23.2. The SMILES string of the molecule is Cc1c(-c2nnnn2CCc2ccccc2)nn(-c2ccc(Cl)cc2Cl)c1-c1ccc(Cl)cc1. The first-order valence-corrected chi connectivity index (χ1v) is 11.8. The van der Waals surface area contributed by atoms with E-state index in [0.29, 0.717) is 38.8 Å². The average molecular weight is 510 g/mol. The number of aryl methyl sites for hydroxylation is 2. The molecule has 3 aromatic carbocycles. The van der Waals surface area contributed by atoms with Gasteiger partial charge in [-0.05, 0) is 59.7 Å². The van der Waals surface area contributed by atoms with Gasteiger partial charge in [0, 0.05) is 27.7 Å². The highest BCUT2D eigenvalue weighted by molar-refractivity contribution is 6.35. The Morgan fingerprint density at radius 2 is 1.59 bits per heavy atom. The molecular weight excluding hydrogens is 491 g/mol. The molecule has 0 saturated heterocycles. The molecule has 2 heterocycles. The molecule has 0 N–H and O–H groups in total. The Bertz CT molecular complexity index is 1440. The Balaban J connectivity index is 1.62. The second kappa shape index (κ2) is 9.58. The van der Waals surface area contributed by atoms with E-state index in [-0.39, 0.29) is 0 Å². The molecule has 2 aromatic heterocycles. The van der Waals surface area contributed by atoms with Crippen LogP contribution in [0.2, 0.25) is 15.1 Å². The monoisotopic (exact) mass is 508 g/mol. The first kappa shape index (κ1) is 22.6. The van der Waals surface area contributed by atoms with Crippen LogP contribution in [-0.2, 0) is 13.0 Å². The van der Waals surface area contributed by atoms with Crippen molar-refractivity contribution in [2.24, 2.45) is 0 Å². The molecule has 0 bridgehead atoms. The number of halogens is 3. The maximum atomic E-state index is 6.57. The van der Waals surface area contributed by atoms with Crippen molar-refractivity contribution in [1.29, 1.82) is 0 Å². The fourth-order valence-electron chi connectivity index (χ4n) is 3.89. The van der Waals surface area contributed by atoms with Gasteiger partial charge in [0.1, 0.15) is 5.69 Å². The molecule has 0 aliphatic rings. The zero-order chi connectivity index (χ0) is 23.7. The van der Waals surface area contributed by atoms with Crippen LogP contribution in [0.5, 0.6) is 0 Å². The topological polar surface area (TPSA) is 61.4 Å². The number of rotatable bonds is 6. The Kier molecular flexibility index (Phi) is 6.37. The number of nitrogens with zero attached hydrogens (tertiary/aromatic N) is 6. The van der Waals surface area contributed by atoms with Crippen molar-refractivity contribution in [1.82, 2.24) is 30.0 Å². The number of benzene rings is 3. The quantitative estimate of drug-likeness (QED) is 0.255. The molecular formula is C25H19Cl3N6. The lowest BCUT2D eigenvalue weighted by atomic mass is 10.1. The second-order valence-electron chi connectivity index (χ2n) is 7.80. The molecule has 0 atom stereocenters. The van der Waals surface area contributed by atoms with E-state index in [1.807, 2.05) is 60.1 Å². The zero-order valence-electron chi connectivity index (χ0n) is 18.2. The van der Waals surface area contributed by atoms with Crippen LogP contribution in [0.1, 0.15) is 11.1 Å². The van der Waals surface area contributed by atoms with Crippen LogP contribution in [0.4, 0.5) is 0 Å². The number of hydrogen-bond acceptors (Lipinski definition) is 4. The highest BCUT2D eigenvalue weighted by Crippen LogP contribution is 2.35. The van der Waals surface area contributed by atoms with E-state index in [2.05, 4.69) is 27.7 Å². The molecule has 34 heavy (non-hydrogen) atoms. The fourth-order valence-corrected chi connectivity index (χ4v) is 4.50. The molecule has 6 nitrogen and oxygen atoms in total. The summed E-state index contributed by atoms with van der Waals surface area (Å²) in [7, 11) is 0. The van der Waals surface area contributed by atoms with Crippen molar-refractivity contribution in [3.63, 3.8) is 0 Å². The van der Waals surface area contributed by atoms with Crippen molar-refractivity contribution in [2.75, 3.05) is 0 Å². The molecule has 0 fully saturated rings. The Morgan fingerprint density at radius 1 is 0.853 bits per heavy atom. The van der Waals surface area contributed by atoms with Crippen molar-refractivity contribution in [3.05, 3.63) is 99.0 Å². The maximum absolute atomic E-state index is 6.57. The first-order chi connectivity index (χ1) is 16.5. The van der Waals surface area contributed by atoms with Gasteiger partial charge in [0.05, 0.1) is 16.4 Å². The molecule has 0 spiro atoms. The van der Waals surface area contributed by atoms with Gasteiger partial charge in [0.2, 0.25) is 5.82 Å². The Hall–Kier alpha value is -3.19. The maximum Gasteiger partial charge on any atom is 0.202 e. The van der Waals surface area contributed by atoms with Crippen molar-refractivity contribution in [3.8, 4) is 28.5 Å². The predicted octanol–water partition coefficient (Wildman–Crippen LogP) is 6.70. The van der Waals surface area contributed by atoms with Gasteiger partial charge in [0.15, 0.2) is 0 Å². The third kappa shape index (κ3) is 4.44. The van der Waals surface area contributed by atoms with Crippen LogP contribution >= 0.6 is 34.8 Å². The van der Waals surface area contributed by atoms with Crippen LogP contribution in [0.15, 0.2) is 72.8 Å². The number of aromatic nitrogens is 6. The van der Waals surface area contributed by atoms with Crippen LogP contribution in [0, 0.1) is 6.92 Å². The predicted molar refractivity (Wildman–Crippen MR) is 136 cm³/mol. The summed E-state index contributed by atoms with van der Waals surface area (Å²) in [4.78, 5) is 0. The van der Waals surface area contributed by atoms with E-state index in [0.717, 1.165) is 23.2 Å². The summed E-state index contributed by atoms with van der Waals surface area (Å²) in [5.74, 6) is 0.590. The molecule has 5 aromatic rings. The second-order valence-corrected chi connectivity index (χ2v) is 9.08. The van der Waals surface area contributed by atoms with Gasteiger partial charge >= 0.3 is 0 Å². The average Bonchev–Trinajstić information content (AvgIpc) is 3.43. The van der Waals surface area contributed by atoms with Crippen LogP contribution in [-0.4, -0.2) is 30.0 Å². The van der Waals surface area contributed by atoms with E-state index >= 15 is 0 Å². The van der Waals surface area contributed by atoms with Crippen LogP contribution in [0.25, 0.3) is 28.5 Å². The van der Waals surface area contributed by atoms with Gasteiger partial charge in [0.25, 0.3) is 0 Å². The van der Waals surface area contributed by atoms with E-state index in [9.17, 15) is 0 Å². The molecule has 0 saturated carbocycles. The smallest absolute Gasteiger partial charge is 0.202 e. The summed E-state index contributed by atoms with van der Waals surface area (Å²) < 4.78 is 3.59. The summed E-state index contributed by atoms with van der Waals surface area (Å²) in [5, 5.41) is 19.1. The number of tetrazole rings is 1. The lowest BCUT2D eigenvalue weighted by Gasteiger charge is -2.11. The molecule has 0 amide bonds. The highest BCUT2D eigenvalue weighted by atomic mass is 35.5. The van der Waals surface area contributed by atoms with Gasteiger partial charge in [-0.2, -0.15) is 5.10 Å². The summed E-state index contributed by atoms with van der Waals surface area (Å²) in [5.41, 5.74) is 5.32. The van der Waals surface area contributed by atoms with Gasteiger partial charge in [-0.3, -0.25) is 0 Å². The minimum Gasteiger partial charge on any atom is -0.231 e. The molecule has 170 valence electrons. The molecule has 0 aliphatic carbocycles. The van der Waals surface area contributed by atoms with Crippen molar-refractivity contribution >= 4 is 34.8 Å². The third-order valence-corrected chi connectivity index (χ3v) is 6.37. The normalized spacial score (nSPS) is 11.2. The largest absolute Gasteiger partial charge is 0.231 e. The standard InChI is InChI=1S/C25H19Cl3N6/c1-16-23(25-29-31-32-33(25)14-13-17-5-3-2-4-6-17)30-34(22-12-11-20(27)15-21(22)28)24(16)18-7-9-19(26)10-8-18/h2-12,15H,13-14H2,1H3. The molecule has 5 rings (SSSR count). The highest BCUT2D eigenvalue weighted by Gasteiger charge is 2.23. The fraction of sp³-hybridized carbons (Fsp3) is 0.120. The molecule has 0 radical (unpaired) electrons. The Morgan fingerprint density at radius 3 is 2.32 bits per heavy atom. The molecule has 9 heteroatoms. The van der Waals surface area contributed by atoms with Gasteiger partial charge in [-0.25, -0.2) is 9.36 Å². The zero-order valence-corrected chi connectivity index (χ0v) is 20.4. The van der Waals surface area contributed by atoms with Gasteiger partial charge in [-0.1, -0.05) is 77.3 Å². The van der Waals surface area contributed by atoms with Crippen molar-refractivity contribution in [2.45, 2.75) is 19.9 Å². The van der Waals surface area contributed by atoms with Gasteiger partial charge in [-0.15, -0.1) is 5.10 Å². The van der Waals surface area contributed by atoms with E-state index < -0.39 is 0 Å². The number of hydrogen-bond donors (Lipinski definition) is 0. The summed E-state index contributed by atoms with van der Waals surface area (Å²) >= 11 is 18.9. The van der Waals surface area contributed by atoms with E-state index in [1.54, 1.807) is 16.8 Å².